The van der Waals surface area contributed by atoms with Crippen molar-refractivity contribution in [1.29, 1.82) is 0 Å². The molecular weight excluding hydrogens is 917 g/mol. The third kappa shape index (κ3) is 16.9. The van der Waals surface area contributed by atoms with Gasteiger partial charge in [0.05, 0.1) is 36.9 Å². The van der Waals surface area contributed by atoms with E-state index in [1.54, 1.807) is 24.3 Å². The molecule has 1 amide bonds. The van der Waals surface area contributed by atoms with Crippen LogP contribution in [0.5, 0.6) is 11.5 Å². The second-order valence-electron chi connectivity index (χ2n) is 17.9. The summed E-state index contributed by atoms with van der Waals surface area (Å²) in [5.74, 6) is -2.16. The zero-order valence-electron chi connectivity index (χ0n) is 37.6. The van der Waals surface area contributed by atoms with Crippen LogP contribution >= 0.6 is 0 Å². The summed E-state index contributed by atoms with van der Waals surface area (Å²) in [5, 5.41) is 13.5. The van der Waals surface area contributed by atoms with Gasteiger partial charge in [0.15, 0.2) is 0 Å². The van der Waals surface area contributed by atoms with Gasteiger partial charge in [0, 0.05) is 25.2 Å². The second kappa shape index (κ2) is 22.8. The number of primary sulfonamides is 1. The molecule has 0 spiro atoms. The van der Waals surface area contributed by atoms with Crippen LogP contribution in [0.25, 0.3) is 0 Å². The highest BCUT2D eigenvalue weighted by molar-refractivity contribution is 7.89. The molecule has 2 saturated heterocycles. The van der Waals surface area contributed by atoms with E-state index < -0.39 is 43.6 Å². The average Bonchev–Trinajstić information content (AvgIpc) is 4.18. The van der Waals surface area contributed by atoms with Crippen LogP contribution in [0, 0.1) is 35.1 Å². The molecule has 0 radical (unpaired) electrons. The zero-order chi connectivity index (χ0) is 48.5. The van der Waals surface area contributed by atoms with Crippen molar-refractivity contribution in [1.82, 2.24) is 14.5 Å². The maximum absolute atomic E-state index is 14.6. The zero-order valence-corrected chi connectivity index (χ0v) is 39.2. The van der Waals surface area contributed by atoms with Gasteiger partial charge in [-0.25, -0.2) is 49.1 Å². The summed E-state index contributed by atoms with van der Waals surface area (Å²) in [6, 6.07) is 18.6. The average molecular weight is 975 g/mol. The van der Waals surface area contributed by atoms with E-state index in [4.69, 9.17) is 14.6 Å². The summed E-state index contributed by atoms with van der Waals surface area (Å²) < 4.78 is 111. The maximum Gasteiger partial charge on any atom is 0.338 e. The maximum atomic E-state index is 14.6. The third-order valence-electron chi connectivity index (χ3n) is 11.9. The van der Waals surface area contributed by atoms with E-state index in [0.717, 1.165) is 119 Å². The second-order valence-corrected chi connectivity index (χ2v) is 21.4. The Morgan fingerprint density at radius 2 is 1.03 bits per heavy atom. The lowest BCUT2D eigenvalue weighted by molar-refractivity contribution is 0.0691. The summed E-state index contributed by atoms with van der Waals surface area (Å²) in [5.41, 5.74) is 2.91. The van der Waals surface area contributed by atoms with E-state index in [9.17, 15) is 44.0 Å². The van der Waals surface area contributed by atoms with Gasteiger partial charge in [-0.2, -0.15) is 0 Å². The Labute approximate surface area is 389 Å². The smallest absolute Gasteiger partial charge is 0.338 e. The molecule has 364 valence electrons. The van der Waals surface area contributed by atoms with Crippen molar-refractivity contribution in [3.8, 4) is 11.5 Å². The molecule has 2 heterocycles. The molecule has 4 aliphatic rings. The van der Waals surface area contributed by atoms with Crippen molar-refractivity contribution in [3.05, 3.63) is 129 Å². The van der Waals surface area contributed by atoms with E-state index in [1.807, 2.05) is 16.9 Å². The number of rotatable bonds is 15. The molecular formula is C48H58F4N4O9S2. The van der Waals surface area contributed by atoms with Crippen LogP contribution in [-0.2, 0) is 33.1 Å². The molecule has 4 fully saturated rings. The fourth-order valence-electron chi connectivity index (χ4n) is 8.21. The number of hydrogen-bond donors (Lipinski definition) is 3. The van der Waals surface area contributed by atoms with E-state index >= 15 is 0 Å². The molecule has 8 rings (SSSR count). The van der Waals surface area contributed by atoms with Crippen LogP contribution < -0.4 is 19.3 Å². The van der Waals surface area contributed by atoms with Gasteiger partial charge in [0.25, 0.3) is 5.91 Å². The van der Waals surface area contributed by atoms with Crippen LogP contribution in [0.15, 0.2) is 72.8 Å². The van der Waals surface area contributed by atoms with Gasteiger partial charge < -0.3 is 14.6 Å². The van der Waals surface area contributed by atoms with E-state index in [1.165, 1.54) is 36.4 Å². The van der Waals surface area contributed by atoms with Crippen LogP contribution in [0.2, 0.25) is 0 Å². The topological polar surface area (TPSA) is 186 Å². The number of carbonyl (C=O) groups excluding carboxylic acids is 1. The number of carboxylic acid groups (broad SMARTS) is 1. The van der Waals surface area contributed by atoms with E-state index in [-0.39, 0.29) is 34.6 Å². The van der Waals surface area contributed by atoms with E-state index in [2.05, 4.69) is 14.9 Å². The first-order valence-corrected chi connectivity index (χ1v) is 26.1. The molecule has 0 aromatic heterocycles. The fraction of sp³-hybridized carbons (Fsp3) is 0.458. The Morgan fingerprint density at radius 3 is 1.39 bits per heavy atom. The van der Waals surface area contributed by atoms with Crippen molar-refractivity contribution >= 4 is 31.9 Å². The van der Waals surface area contributed by atoms with Gasteiger partial charge >= 0.3 is 5.97 Å². The number of aromatic carboxylic acids is 1. The minimum atomic E-state index is -3.79. The number of carbonyl (C=O) groups is 2. The lowest BCUT2D eigenvalue weighted by Crippen LogP contribution is -2.35. The number of piperidine rings is 2. The van der Waals surface area contributed by atoms with Gasteiger partial charge in [0.2, 0.25) is 20.0 Å². The molecule has 0 bridgehead atoms. The Balaban J connectivity index is 0.000000202. The first-order chi connectivity index (χ1) is 31.7. The highest BCUT2D eigenvalue weighted by Crippen LogP contribution is 2.46. The molecule has 2 aliphatic heterocycles. The molecule has 2 aliphatic carbocycles. The number of nitrogens with one attached hydrogen (secondary N) is 1. The Kier molecular flexibility index (Phi) is 17.5. The predicted octanol–water partition coefficient (Wildman–Crippen LogP) is 7.56. The SMILES string of the molecule is CS(=O)(=O)NC(=O)c1cc(C2CC2)c(OCC2CCN(Cc3cccc(F)c3)CC2)cc1F.CS(N)(=O)=O.O=C(O)c1cc(C2CC2)c(OCC2CCN(Cc3cccc(F)c3)CC2)cc1F. The molecule has 4 aromatic rings. The summed E-state index contributed by atoms with van der Waals surface area (Å²) in [7, 11) is -6.95. The van der Waals surface area contributed by atoms with Crippen molar-refractivity contribution in [2.75, 3.05) is 51.9 Å². The van der Waals surface area contributed by atoms with Gasteiger partial charge in [-0.05, 0) is 160 Å². The van der Waals surface area contributed by atoms with Gasteiger partial charge in [0.1, 0.15) is 34.8 Å². The molecule has 13 nitrogen and oxygen atoms in total. The van der Waals surface area contributed by atoms with Crippen LogP contribution in [-0.4, -0.2) is 95.5 Å². The Bertz CT molecular complexity index is 2590. The monoisotopic (exact) mass is 974 g/mol. The minimum absolute atomic E-state index is 0.193. The number of hydrogen-bond acceptors (Lipinski definition) is 10. The van der Waals surface area contributed by atoms with Crippen molar-refractivity contribution in [2.24, 2.45) is 17.0 Å². The first-order valence-electron chi connectivity index (χ1n) is 22.3. The van der Waals surface area contributed by atoms with Gasteiger partial charge in [-0.3, -0.25) is 14.6 Å². The highest BCUT2D eigenvalue weighted by Gasteiger charge is 2.32. The first kappa shape index (κ1) is 51.3. The van der Waals surface area contributed by atoms with Gasteiger partial charge in [-0.15, -0.1) is 0 Å². The molecule has 19 heteroatoms. The normalized spacial score (nSPS) is 17.4. The molecule has 0 atom stereocenters. The molecule has 4 N–H and O–H groups in total. The quantitative estimate of drug-likeness (QED) is 0.0999. The molecule has 2 saturated carbocycles. The Hall–Kier alpha value is -5.08. The summed E-state index contributed by atoms with van der Waals surface area (Å²) in [6.07, 6.45) is 9.38. The van der Waals surface area contributed by atoms with Crippen LogP contribution in [0.1, 0.15) is 106 Å². The summed E-state index contributed by atoms with van der Waals surface area (Å²) >= 11 is 0. The molecule has 0 unspecified atom stereocenters. The van der Waals surface area contributed by atoms with Gasteiger partial charge in [-0.1, -0.05) is 24.3 Å². The highest BCUT2D eigenvalue weighted by atomic mass is 32.2. The number of sulfonamides is 2. The van der Waals surface area contributed by atoms with Crippen molar-refractivity contribution in [2.45, 2.75) is 76.3 Å². The lowest BCUT2D eigenvalue weighted by Gasteiger charge is -2.32. The van der Waals surface area contributed by atoms with Crippen molar-refractivity contribution < 1.29 is 58.6 Å². The van der Waals surface area contributed by atoms with Crippen LogP contribution in [0.3, 0.4) is 0 Å². The summed E-state index contributed by atoms with van der Waals surface area (Å²) in [6.45, 7) is 5.95. The van der Waals surface area contributed by atoms with E-state index in [0.29, 0.717) is 43.1 Å². The Morgan fingerprint density at radius 1 is 0.642 bits per heavy atom. The lowest BCUT2D eigenvalue weighted by atomic mass is 9.97. The molecule has 4 aromatic carbocycles. The standard InChI is InChI=1S/C24H28F2N2O4S.C23H25F2NO3.CH5NO2S/c1-33(30,31)27-24(29)21-12-20(18-5-6-18)23(13-22(21)26)32-15-16-7-9-28(10-8-16)14-17-3-2-4-19(25)11-17;24-18-3-1-2-16(10-18)13-26-8-6-15(7-9-26)14-29-22-12-21(25)20(23(27)28)11-19(22)17-4-5-17;1-5(2,3)4/h2-4,11-13,16,18H,5-10,14-15H2,1H3,(H,27,29);1-3,10-12,15,17H,4-9,13-14H2,(H,27,28);1H3,(H2,2,3,4). The number of halogens is 4. The number of carboxylic acids is 1. The predicted molar refractivity (Wildman–Crippen MR) is 245 cm³/mol. The largest absolute Gasteiger partial charge is 0.493 e. The number of ether oxygens (including phenoxy) is 2. The number of benzene rings is 4. The minimum Gasteiger partial charge on any atom is -0.493 e. The number of likely N-dealkylation sites (tertiary alicyclic amines) is 2. The number of nitrogens with two attached hydrogens (primary N) is 1. The number of nitrogens with zero attached hydrogens (tertiary/aromatic N) is 2. The fourth-order valence-corrected chi connectivity index (χ4v) is 8.65. The molecule has 67 heavy (non-hydrogen) atoms. The van der Waals surface area contributed by atoms with Crippen LogP contribution in [0.4, 0.5) is 17.6 Å². The third-order valence-corrected chi connectivity index (χ3v) is 12.5. The summed E-state index contributed by atoms with van der Waals surface area (Å²) in [4.78, 5) is 28.0. The van der Waals surface area contributed by atoms with Crippen molar-refractivity contribution in [3.63, 3.8) is 0 Å². The number of amides is 1.